The SMILES string of the molecule is C=CCc1ccc(N)nc1B1OC(C)(C)C(C)(C)O1. The van der Waals surface area contributed by atoms with Crippen LogP contribution >= 0.6 is 0 Å². The van der Waals surface area contributed by atoms with Gasteiger partial charge in [0.2, 0.25) is 0 Å². The Hall–Kier alpha value is -1.33. The van der Waals surface area contributed by atoms with E-state index in [1.54, 1.807) is 6.07 Å². The van der Waals surface area contributed by atoms with Gasteiger partial charge >= 0.3 is 7.12 Å². The Morgan fingerprint density at radius 2 is 1.84 bits per heavy atom. The van der Waals surface area contributed by atoms with Crippen molar-refractivity contribution in [1.29, 1.82) is 0 Å². The number of nitrogens with two attached hydrogens (primary N) is 1. The molecular weight excluding hydrogens is 239 g/mol. The van der Waals surface area contributed by atoms with E-state index in [0.29, 0.717) is 12.2 Å². The van der Waals surface area contributed by atoms with Gasteiger partial charge in [-0.3, -0.25) is 0 Å². The molecule has 19 heavy (non-hydrogen) atoms. The van der Waals surface area contributed by atoms with Gasteiger partial charge in [0, 0.05) is 0 Å². The number of hydrogen-bond acceptors (Lipinski definition) is 4. The van der Waals surface area contributed by atoms with Gasteiger partial charge in [0.1, 0.15) is 5.82 Å². The summed E-state index contributed by atoms with van der Waals surface area (Å²) in [6, 6.07) is 3.73. The number of allylic oxidation sites excluding steroid dienone is 1. The first kappa shape index (κ1) is 14.1. The Balaban J connectivity index is 2.38. The molecule has 0 atom stereocenters. The fourth-order valence-electron chi connectivity index (χ4n) is 2.01. The lowest BCUT2D eigenvalue weighted by molar-refractivity contribution is 0.00578. The lowest BCUT2D eigenvalue weighted by Crippen LogP contribution is -2.41. The molecular formula is C14H21BN2O2. The Morgan fingerprint density at radius 3 is 2.37 bits per heavy atom. The van der Waals surface area contributed by atoms with Gasteiger partial charge in [-0.2, -0.15) is 0 Å². The third-order valence-corrected chi connectivity index (χ3v) is 3.87. The first-order valence-electron chi connectivity index (χ1n) is 6.48. The van der Waals surface area contributed by atoms with Crippen molar-refractivity contribution in [3.63, 3.8) is 0 Å². The summed E-state index contributed by atoms with van der Waals surface area (Å²) in [6.07, 6.45) is 2.55. The van der Waals surface area contributed by atoms with Gasteiger partial charge in [0.05, 0.1) is 16.8 Å². The summed E-state index contributed by atoms with van der Waals surface area (Å²) in [5, 5.41) is 0. The van der Waals surface area contributed by atoms with Crippen LogP contribution in [-0.4, -0.2) is 23.3 Å². The summed E-state index contributed by atoms with van der Waals surface area (Å²) in [5.74, 6) is 0.470. The van der Waals surface area contributed by atoms with E-state index in [4.69, 9.17) is 15.0 Å². The fourth-order valence-corrected chi connectivity index (χ4v) is 2.01. The van der Waals surface area contributed by atoms with Crippen molar-refractivity contribution in [2.24, 2.45) is 0 Å². The second kappa shape index (κ2) is 4.65. The standard InChI is InChI=1S/C14H21BN2O2/c1-6-7-10-8-9-11(16)17-12(10)15-18-13(2,3)14(4,5)19-15/h6,8-9H,1,7H2,2-5H3,(H2,16,17). The molecule has 0 aliphatic carbocycles. The second-order valence-electron chi connectivity index (χ2n) is 5.86. The molecule has 1 aliphatic rings. The van der Waals surface area contributed by atoms with Gasteiger partial charge in [-0.25, -0.2) is 4.98 Å². The van der Waals surface area contributed by atoms with Crippen molar-refractivity contribution in [2.45, 2.75) is 45.3 Å². The molecule has 0 bridgehead atoms. The van der Waals surface area contributed by atoms with Crippen molar-refractivity contribution >= 4 is 18.5 Å². The van der Waals surface area contributed by atoms with E-state index in [0.717, 1.165) is 11.2 Å². The summed E-state index contributed by atoms with van der Waals surface area (Å²) in [7, 11) is -0.483. The van der Waals surface area contributed by atoms with Crippen LogP contribution in [0, 0.1) is 0 Å². The van der Waals surface area contributed by atoms with Gasteiger partial charge < -0.3 is 15.0 Å². The zero-order chi connectivity index (χ0) is 14.3. The van der Waals surface area contributed by atoms with Crippen molar-refractivity contribution in [2.75, 3.05) is 5.73 Å². The van der Waals surface area contributed by atoms with Crippen LogP contribution in [0.5, 0.6) is 0 Å². The molecule has 1 saturated heterocycles. The van der Waals surface area contributed by atoms with Crippen molar-refractivity contribution in [1.82, 2.24) is 4.98 Å². The van der Waals surface area contributed by atoms with Crippen LogP contribution < -0.4 is 11.3 Å². The molecule has 1 aromatic heterocycles. The molecule has 5 heteroatoms. The monoisotopic (exact) mass is 260 g/mol. The quantitative estimate of drug-likeness (QED) is 0.663. The zero-order valence-electron chi connectivity index (χ0n) is 12.1. The summed E-state index contributed by atoms with van der Waals surface area (Å²) >= 11 is 0. The minimum Gasteiger partial charge on any atom is -0.398 e. The maximum Gasteiger partial charge on any atom is 0.514 e. The molecule has 0 unspecified atom stereocenters. The highest BCUT2D eigenvalue weighted by atomic mass is 16.7. The van der Waals surface area contributed by atoms with Crippen LogP contribution in [-0.2, 0) is 15.7 Å². The summed E-state index contributed by atoms with van der Waals surface area (Å²) in [5.41, 5.74) is 6.80. The highest BCUT2D eigenvalue weighted by Gasteiger charge is 2.52. The van der Waals surface area contributed by atoms with E-state index in [9.17, 15) is 0 Å². The van der Waals surface area contributed by atoms with E-state index in [1.165, 1.54) is 0 Å². The summed E-state index contributed by atoms with van der Waals surface area (Å²) in [4.78, 5) is 4.38. The van der Waals surface area contributed by atoms with Crippen LogP contribution in [0.15, 0.2) is 24.8 Å². The average molecular weight is 260 g/mol. The van der Waals surface area contributed by atoms with Crippen molar-refractivity contribution in [3.8, 4) is 0 Å². The molecule has 2 N–H and O–H groups in total. The third kappa shape index (κ3) is 2.53. The van der Waals surface area contributed by atoms with Crippen LogP contribution in [0.4, 0.5) is 5.82 Å². The van der Waals surface area contributed by atoms with Crippen LogP contribution in [0.2, 0.25) is 0 Å². The van der Waals surface area contributed by atoms with E-state index >= 15 is 0 Å². The third-order valence-electron chi connectivity index (χ3n) is 3.87. The number of hydrogen-bond donors (Lipinski definition) is 1. The highest BCUT2D eigenvalue weighted by molar-refractivity contribution is 6.61. The highest BCUT2D eigenvalue weighted by Crippen LogP contribution is 2.36. The summed E-state index contributed by atoms with van der Waals surface area (Å²) < 4.78 is 12.0. The smallest absolute Gasteiger partial charge is 0.398 e. The average Bonchev–Trinajstić information content (AvgIpc) is 2.51. The molecule has 4 nitrogen and oxygen atoms in total. The first-order valence-corrected chi connectivity index (χ1v) is 6.48. The number of aromatic nitrogens is 1. The minimum atomic E-state index is -0.483. The molecule has 0 spiro atoms. The predicted octanol–water partition coefficient (Wildman–Crippen LogP) is 1.69. The van der Waals surface area contributed by atoms with Crippen LogP contribution in [0.1, 0.15) is 33.3 Å². The number of nitrogens with zero attached hydrogens (tertiary/aromatic N) is 1. The molecule has 0 amide bonds. The number of nitrogen functional groups attached to an aromatic ring is 1. The lowest BCUT2D eigenvalue weighted by Gasteiger charge is -2.32. The van der Waals surface area contributed by atoms with E-state index in [1.807, 2.05) is 39.8 Å². The topological polar surface area (TPSA) is 57.4 Å². The van der Waals surface area contributed by atoms with E-state index in [2.05, 4.69) is 11.6 Å². The Morgan fingerprint density at radius 1 is 1.26 bits per heavy atom. The number of anilines is 1. The predicted molar refractivity (Wildman–Crippen MR) is 78.3 cm³/mol. The maximum absolute atomic E-state index is 6.02. The molecule has 0 saturated carbocycles. The molecule has 0 aromatic carbocycles. The molecule has 1 aliphatic heterocycles. The Bertz CT molecular complexity index is 484. The van der Waals surface area contributed by atoms with Gasteiger partial charge in [-0.15, -0.1) is 6.58 Å². The molecule has 1 aromatic rings. The fraction of sp³-hybridized carbons (Fsp3) is 0.500. The minimum absolute atomic E-state index is 0.380. The Labute approximate surface area is 115 Å². The maximum atomic E-state index is 6.02. The van der Waals surface area contributed by atoms with E-state index in [-0.39, 0.29) is 11.2 Å². The van der Waals surface area contributed by atoms with Gasteiger partial charge in [0.25, 0.3) is 0 Å². The normalized spacial score (nSPS) is 20.5. The zero-order valence-corrected chi connectivity index (χ0v) is 12.1. The number of pyridine rings is 1. The van der Waals surface area contributed by atoms with Gasteiger partial charge in [-0.1, -0.05) is 12.1 Å². The van der Waals surface area contributed by atoms with E-state index < -0.39 is 7.12 Å². The molecule has 2 heterocycles. The lowest BCUT2D eigenvalue weighted by atomic mass is 9.80. The van der Waals surface area contributed by atoms with Crippen molar-refractivity contribution in [3.05, 3.63) is 30.4 Å². The first-order chi connectivity index (χ1) is 8.77. The molecule has 1 fully saturated rings. The molecule has 102 valence electrons. The van der Waals surface area contributed by atoms with Gasteiger partial charge in [0.15, 0.2) is 0 Å². The molecule has 0 radical (unpaired) electrons. The van der Waals surface area contributed by atoms with Crippen molar-refractivity contribution < 1.29 is 9.31 Å². The van der Waals surface area contributed by atoms with Gasteiger partial charge in [-0.05, 0) is 45.7 Å². The molecule has 2 rings (SSSR count). The second-order valence-corrected chi connectivity index (χ2v) is 5.86. The number of rotatable bonds is 3. The largest absolute Gasteiger partial charge is 0.514 e. The summed E-state index contributed by atoms with van der Waals surface area (Å²) in [6.45, 7) is 11.8. The van der Waals surface area contributed by atoms with Crippen LogP contribution in [0.25, 0.3) is 0 Å². The van der Waals surface area contributed by atoms with Crippen LogP contribution in [0.3, 0.4) is 0 Å². The Kier molecular flexibility index (Phi) is 3.45.